The molecule has 114 valence electrons. The Morgan fingerprint density at radius 3 is 2.67 bits per heavy atom. The maximum Gasteiger partial charge on any atom is 0.158 e. The van der Waals surface area contributed by atoms with Crippen molar-refractivity contribution in [3.63, 3.8) is 0 Å². The van der Waals surface area contributed by atoms with Crippen molar-refractivity contribution in [1.82, 2.24) is 19.1 Å². The average Bonchev–Trinajstić information content (AvgIpc) is 3.15. The predicted octanol–water partition coefficient (Wildman–Crippen LogP) is 3.46. The van der Waals surface area contributed by atoms with E-state index in [2.05, 4.69) is 39.1 Å². The number of rotatable bonds is 4. The van der Waals surface area contributed by atoms with Gasteiger partial charge in [-0.15, -0.1) is 0 Å². The number of aromatic nitrogens is 4. The van der Waals surface area contributed by atoms with Crippen LogP contribution in [0.1, 0.15) is 51.6 Å². The van der Waals surface area contributed by atoms with Gasteiger partial charge in [0.05, 0.1) is 18.6 Å². The van der Waals surface area contributed by atoms with Gasteiger partial charge in [-0.2, -0.15) is 0 Å². The second-order valence-electron chi connectivity index (χ2n) is 6.10. The minimum Gasteiger partial charge on any atom is -0.381 e. The lowest BCUT2D eigenvalue weighted by Crippen LogP contribution is -2.23. The van der Waals surface area contributed by atoms with Gasteiger partial charge in [0, 0.05) is 31.6 Å². The lowest BCUT2D eigenvalue weighted by atomic mass is 9.92. The average molecular weight is 288 g/mol. The van der Waals surface area contributed by atoms with Crippen molar-refractivity contribution in [2.24, 2.45) is 0 Å². The molecule has 0 unspecified atom stereocenters. The van der Waals surface area contributed by atoms with Crippen LogP contribution in [0.25, 0.3) is 11.5 Å². The zero-order valence-corrected chi connectivity index (χ0v) is 13.1. The van der Waals surface area contributed by atoms with Gasteiger partial charge in [0.1, 0.15) is 5.69 Å². The molecule has 21 heavy (non-hydrogen) atoms. The maximum absolute atomic E-state index is 5.47. The summed E-state index contributed by atoms with van der Waals surface area (Å²) in [5.74, 6) is 1.03. The summed E-state index contributed by atoms with van der Waals surface area (Å²) in [6.45, 7) is 4.34. The molecule has 2 aromatic heterocycles. The van der Waals surface area contributed by atoms with Gasteiger partial charge < -0.3 is 13.9 Å². The third-order valence-corrected chi connectivity index (χ3v) is 4.49. The smallest absolute Gasteiger partial charge is 0.158 e. The van der Waals surface area contributed by atoms with Crippen molar-refractivity contribution in [3.8, 4) is 11.5 Å². The second kappa shape index (κ2) is 6.02. The molecule has 0 N–H and O–H groups in total. The number of ether oxygens (including phenoxy) is 1. The standard InChI is InChI=1S/C16H24N4O/c1-12(2)20-11-17-10-15(20)16-18-8-9-19(16)13-4-6-14(21-3)7-5-13/h8-14H,4-7H2,1-3H3. The summed E-state index contributed by atoms with van der Waals surface area (Å²) >= 11 is 0. The van der Waals surface area contributed by atoms with E-state index in [0.29, 0.717) is 18.2 Å². The molecule has 0 aromatic carbocycles. The van der Waals surface area contributed by atoms with Crippen molar-refractivity contribution >= 4 is 0 Å². The molecule has 0 spiro atoms. The molecule has 1 saturated carbocycles. The molecular formula is C16H24N4O. The van der Waals surface area contributed by atoms with Crippen molar-refractivity contribution in [1.29, 1.82) is 0 Å². The number of imidazole rings is 2. The Labute approximate surface area is 126 Å². The van der Waals surface area contributed by atoms with Gasteiger partial charge in [-0.3, -0.25) is 0 Å². The van der Waals surface area contributed by atoms with E-state index in [1.807, 2.05) is 25.8 Å². The molecule has 5 nitrogen and oxygen atoms in total. The zero-order valence-electron chi connectivity index (χ0n) is 13.1. The highest BCUT2D eigenvalue weighted by Gasteiger charge is 2.24. The van der Waals surface area contributed by atoms with E-state index in [4.69, 9.17) is 4.74 Å². The Balaban J connectivity index is 1.86. The van der Waals surface area contributed by atoms with Gasteiger partial charge in [-0.1, -0.05) is 0 Å². The Bertz CT molecular complexity index is 579. The van der Waals surface area contributed by atoms with Crippen LogP contribution in [0.4, 0.5) is 0 Å². The molecule has 0 amide bonds. The first kappa shape index (κ1) is 14.3. The van der Waals surface area contributed by atoms with Crippen molar-refractivity contribution in [2.45, 2.75) is 57.7 Å². The summed E-state index contributed by atoms with van der Waals surface area (Å²) in [6.07, 6.45) is 12.8. The molecular weight excluding hydrogens is 264 g/mol. The molecule has 0 atom stereocenters. The van der Waals surface area contributed by atoms with Crippen LogP contribution in [0.3, 0.4) is 0 Å². The van der Waals surface area contributed by atoms with Crippen molar-refractivity contribution < 1.29 is 4.74 Å². The SMILES string of the molecule is COC1CCC(n2ccnc2-c2cncn2C(C)C)CC1. The lowest BCUT2D eigenvalue weighted by Gasteiger charge is -2.29. The molecule has 0 bridgehead atoms. The van der Waals surface area contributed by atoms with Gasteiger partial charge in [0.25, 0.3) is 0 Å². The number of nitrogens with zero attached hydrogens (tertiary/aromatic N) is 4. The topological polar surface area (TPSA) is 44.9 Å². The highest BCUT2D eigenvalue weighted by atomic mass is 16.5. The van der Waals surface area contributed by atoms with E-state index in [1.54, 1.807) is 0 Å². The van der Waals surface area contributed by atoms with Crippen LogP contribution in [0.15, 0.2) is 24.9 Å². The Kier molecular flexibility index (Phi) is 4.10. The summed E-state index contributed by atoms with van der Waals surface area (Å²) in [4.78, 5) is 8.89. The summed E-state index contributed by atoms with van der Waals surface area (Å²) in [5.41, 5.74) is 1.10. The molecule has 0 aliphatic heterocycles. The molecule has 1 aliphatic carbocycles. The molecule has 0 radical (unpaired) electrons. The van der Waals surface area contributed by atoms with Gasteiger partial charge in [-0.25, -0.2) is 9.97 Å². The van der Waals surface area contributed by atoms with E-state index in [1.165, 1.54) is 0 Å². The van der Waals surface area contributed by atoms with Crippen LogP contribution in [0, 0.1) is 0 Å². The van der Waals surface area contributed by atoms with Crippen LogP contribution in [0.5, 0.6) is 0 Å². The minimum atomic E-state index is 0.386. The zero-order chi connectivity index (χ0) is 14.8. The normalized spacial score (nSPS) is 22.9. The highest BCUT2D eigenvalue weighted by molar-refractivity contribution is 5.49. The molecule has 2 heterocycles. The van der Waals surface area contributed by atoms with Gasteiger partial charge >= 0.3 is 0 Å². The van der Waals surface area contributed by atoms with E-state index in [0.717, 1.165) is 37.2 Å². The summed E-state index contributed by atoms with van der Waals surface area (Å²) in [5, 5.41) is 0. The Morgan fingerprint density at radius 1 is 1.24 bits per heavy atom. The summed E-state index contributed by atoms with van der Waals surface area (Å²) < 4.78 is 9.97. The molecule has 2 aromatic rings. The summed E-state index contributed by atoms with van der Waals surface area (Å²) in [7, 11) is 1.81. The minimum absolute atomic E-state index is 0.386. The first-order chi connectivity index (χ1) is 10.2. The fourth-order valence-corrected chi connectivity index (χ4v) is 3.25. The van der Waals surface area contributed by atoms with Crippen LogP contribution >= 0.6 is 0 Å². The highest BCUT2D eigenvalue weighted by Crippen LogP contribution is 2.33. The van der Waals surface area contributed by atoms with Gasteiger partial charge in [0.15, 0.2) is 5.82 Å². The first-order valence-electron chi connectivity index (χ1n) is 7.78. The van der Waals surface area contributed by atoms with E-state index >= 15 is 0 Å². The first-order valence-corrected chi connectivity index (χ1v) is 7.78. The largest absolute Gasteiger partial charge is 0.381 e. The lowest BCUT2D eigenvalue weighted by molar-refractivity contribution is 0.0586. The predicted molar refractivity (Wildman–Crippen MR) is 82.1 cm³/mol. The molecule has 0 saturated heterocycles. The monoisotopic (exact) mass is 288 g/mol. The van der Waals surface area contributed by atoms with Gasteiger partial charge in [-0.05, 0) is 39.5 Å². The Hall–Kier alpha value is -1.62. The van der Waals surface area contributed by atoms with Crippen molar-refractivity contribution in [3.05, 3.63) is 24.9 Å². The Morgan fingerprint density at radius 2 is 2.00 bits per heavy atom. The quantitative estimate of drug-likeness (QED) is 0.865. The molecule has 5 heteroatoms. The van der Waals surface area contributed by atoms with E-state index in [-0.39, 0.29) is 0 Å². The number of hydrogen-bond acceptors (Lipinski definition) is 3. The molecule has 3 rings (SSSR count). The molecule has 1 aliphatic rings. The van der Waals surface area contributed by atoms with Gasteiger partial charge in [0.2, 0.25) is 0 Å². The summed E-state index contributed by atoms with van der Waals surface area (Å²) in [6, 6.07) is 0.904. The van der Waals surface area contributed by atoms with Crippen LogP contribution < -0.4 is 0 Å². The van der Waals surface area contributed by atoms with Crippen LogP contribution in [-0.4, -0.2) is 32.3 Å². The number of hydrogen-bond donors (Lipinski definition) is 0. The fraction of sp³-hybridized carbons (Fsp3) is 0.625. The molecule has 1 fully saturated rings. The maximum atomic E-state index is 5.47. The van der Waals surface area contributed by atoms with Crippen molar-refractivity contribution in [2.75, 3.05) is 7.11 Å². The van der Waals surface area contributed by atoms with Crippen LogP contribution in [0.2, 0.25) is 0 Å². The second-order valence-corrected chi connectivity index (χ2v) is 6.10. The third kappa shape index (κ3) is 2.75. The fourth-order valence-electron chi connectivity index (χ4n) is 3.25. The number of methoxy groups -OCH3 is 1. The van der Waals surface area contributed by atoms with E-state index < -0.39 is 0 Å². The third-order valence-electron chi connectivity index (χ3n) is 4.49. The van der Waals surface area contributed by atoms with Crippen LogP contribution in [-0.2, 0) is 4.74 Å². The van der Waals surface area contributed by atoms with E-state index in [9.17, 15) is 0 Å².